The first-order chi connectivity index (χ1) is 10.2. The summed E-state index contributed by atoms with van der Waals surface area (Å²) in [6, 6.07) is 14.2. The molecule has 2 N–H and O–H groups in total. The van der Waals surface area contributed by atoms with Crippen LogP contribution in [-0.4, -0.2) is 16.7 Å². The number of nitrogens with zero attached hydrogens (tertiary/aromatic N) is 2. The van der Waals surface area contributed by atoms with Crippen LogP contribution in [0.2, 0.25) is 0 Å². The van der Waals surface area contributed by atoms with Crippen molar-refractivity contribution >= 4 is 11.0 Å². The quantitative estimate of drug-likeness (QED) is 0.799. The van der Waals surface area contributed by atoms with E-state index < -0.39 is 0 Å². The average Bonchev–Trinajstić information content (AvgIpc) is 2.90. The number of imidazole rings is 1. The molecule has 0 aliphatic rings. The number of benzene rings is 2. The van der Waals surface area contributed by atoms with Gasteiger partial charge in [-0.3, -0.25) is 0 Å². The number of methoxy groups -OCH3 is 1. The van der Waals surface area contributed by atoms with Crippen molar-refractivity contribution in [1.29, 1.82) is 0 Å². The lowest BCUT2D eigenvalue weighted by molar-refractivity contribution is 0.408. The first-order valence-corrected chi connectivity index (χ1v) is 7.01. The molecule has 4 nitrogen and oxygen atoms in total. The summed E-state index contributed by atoms with van der Waals surface area (Å²) >= 11 is 0. The van der Waals surface area contributed by atoms with Gasteiger partial charge in [0.1, 0.15) is 5.75 Å². The molecule has 0 aliphatic heterocycles. The van der Waals surface area contributed by atoms with E-state index in [1.807, 2.05) is 43.6 Å². The molecular formula is C17H19N3O. The van der Waals surface area contributed by atoms with E-state index in [2.05, 4.69) is 21.7 Å². The molecule has 1 atom stereocenters. The van der Waals surface area contributed by atoms with Crippen LogP contribution < -0.4 is 10.5 Å². The van der Waals surface area contributed by atoms with Crippen LogP contribution in [0, 0.1) is 0 Å². The number of fused-ring (bicyclic) bond motifs is 1. The molecule has 0 saturated heterocycles. The molecule has 1 heterocycles. The van der Waals surface area contributed by atoms with Crippen LogP contribution in [0.1, 0.15) is 24.1 Å². The average molecular weight is 281 g/mol. The maximum absolute atomic E-state index is 5.98. The Morgan fingerprint density at radius 2 is 2.05 bits per heavy atom. The van der Waals surface area contributed by atoms with Crippen LogP contribution in [0.4, 0.5) is 0 Å². The first kappa shape index (κ1) is 13.6. The van der Waals surface area contributed by atoms with E-state index in [1.54, 1.807) is 7.11 Å². The van der Waals surface area contributed by atoms with E-state index in [1.165, 1.54) is 0 Å². The molecule has 21 heavy (non-hydrogen) atoms. The minimum atomic E-state index is 0.00851. The Morgan fingerprint density at radius 1 is 1.24 bits per heavy atom. The van der Waals surface area contributed by atoms with Crippen LogP contribution in [0.3, 0.4) is 0 Å². The maximum Gasteiger partial charge on any atom is 0.123 e. The van der Waals surface area contributed by atoms with Gasteiger partial charge in [-0.05, 0) is 36.8 Å². The Balaban J connectivity index is 2.02. The highest BCUT2D eigenvalue weighted by molar-refractivity contribution is 5.75. The van der Waals surface area contributed by atoms with Gasteiger partial charge in [0.2, 0.25) is 0 Å². The predicted molar refractivity (Wildman–Crippen MR) is 84.4 cm³/mol. The normalized spacial score (nSPS) is 12.5. The number of rotatable bonds is 4. The molecule has 1 unspecified atom stereocenters. The molecule has 0 aliphatic carbocycles. The van der Waals surface area contributed by atoms with E-state index in [0.717, 1.165) is 27.9 Å². The van der Waals surface area contributed by atoms with Gasteiger partial charge >= 0.3 is 0 Å². The van der Waals surface area contributed by atoms with E-state index in [4.69, 9.17) is 10.5 Å². The lowest BCUT2D eigenvalue weighted by Crippen LogP contribution is -2.07. The van der Waals surface area contributed by atoms with Crippen molar-refractivity contribution in [3.63, 3.8) is 0 Å². The summed E-state index contributed by atoms with van der Waals surface area (Å²) in [5.74, 6) is 0.872. The monoisotopic (exact) mass is 281 g/mol. The van der Waals surface area contributed by atoms with Crippen molar-refractivity contribution < 1.29 is 4.74 Å². The second-order valence-electron chi connectivity index (χ2n) is 5.22. The highest BCUT2D eigenvalue weighted by atomic mass is 16.5. The Morgan fingerprint density at radius 3 is 2.81 bits per heavy atom. The summed E-state index contributed by atoms with van der Waals surface area (Å²) in [6.45, 7) is 2.70. The number of hydrogen-bond donors (Lipinski definition) is 1. The Labute approximate surface area is 124 Å². The standard InChI is InChI=1S/C17H19N3O/c1-12(18)13-7-8-17(21-2)14(9-13)10-20-11-19-15-5-3-4-6-16(15)20/h3-9,11-12H,10,18H2,1-2H3. The van der Waals surface area contributed by atoms with Crippen molar-refractivity contribution in [1.82, 2.24) is 9.55 Å². The molecule has 0 saturated carbocycles. The van der Waals surface area contributed by atoms with Crippen molar-refractivity contribution in [2.75, 3.05) is 7.11 Å². The van der Waals surface area contributed by atoms with Crippen LogP contribution in [0.25, 0.3) is 11.0 Å². The molecule has 2 aromatic carbocycles. The van der Waals surface area contributed by atoms with Gasteiger partial charge in [0.25, 0.3) is 0 Å². The Kier molecular flexibility index (Phi) is 3.62. The molecule has 0 spiro atoms. The SMILES string of the molecule is COc1ccc(C(C)N)cc1Cn1cnc2ccccc21. The van der Waals surface area contributed by atoms with E-state index in [-0.39, 0.29) is 6.04 Å². The predicted octanol–water partition coefficient (Wildman–Crippen LogP) is 3.11. The van der Waals surface area contributed by atoms with Crippen LogP contribution in [-0.2, 0) is 6.54 Å². The third kappa shape index (κ3) is 2.62. The van der Waals surface area contributed by atoms with Crippen molar-refractivity contribution in [2.45, 2.75) is 19.5 Å². The number of para-hydroxylation sites is 2. The molecule has 0 bridgehead atoms. The summed E-state index contributed by atoms with van der Waals surface area (Å²) in [5, 5.41) is 0. The number of aromatic nitrogens is 2. The molecule has 3 aromatic rings. The summed E-state index contributed by atoms with van der Waals surface area (Å²) in [4.78, 5) is 4.43. The summed E-state index contributed by atoms with van der Waals surface area (Å²) < 4.78 is 7.59. The van der Waals surface area contributed by atoms with Crippen LogP contribution in [0.15, 0.2) is 48.8 Å². The van der Waals surface area contributed by atoms with Crippen molar-refractivity contribution in [3.8, 4) is 5.75 Å². The minimum absolute atomic E-state index is 0.00851. The summed E-state index contributed by atoms with van der Waals surface area (Å²) in [6.07, 6.45) is 1.86. The zero-order valence-electron chi connectivity index (χ0n) is 12.3. The molecule has 1 aromatic heterocycles. The highest BCUT2D eigenvalue weighted by Crippen LogP contribution is 2.24. The Bertz CT molecular complexity index is 762. The second-order valence-corrected chi connectivity index (χ2v) is 5.22. The van der Waals surface area contributed by atoms with Crippen molar-refractivity contribution in [2.24, 2.45) is 5.73 Å². The van der Waals surface area contributed by atoms with Crippen LogP contribution in [0.5, 0.6) is 5.75 Å². The lowest BCUT2D eigenvalue weighted by atomic mass is 10.0. The molecule has 108 valence electrons. The molecule has 0 amide bonds. The van der Waals surface area contributed by atoms with Gasteiger partial charge in [-0.25, -0.2) is 4.98 Å². The summed E-state index contributed by atoms with van der Waals surface area (Å²) in [7, 11) is 1.69. The van der Waals surface area contributed by atoms with Crippen LogP contribution >= 0.6 is 0 Å². The lowest BCUT2D eigenvalue weighted by Gasteiger charge is -2.13. The van der Waals surface area contributed by atoms with Gasteiger partial charge in [-0.1, -0.05) is 18.2 Å². The molecule has 0 fully saturated rings. The minimum Gasteiger partial charge on any atom is -0.496 e. The van der Waals surface area contributed by atoms with E-state index in [0.29, 0.717) is 6.54 Å². The maximum atomic E-state index is 5.98. The third-order valence-corrected chi connectivity index (χ3v) is 3.70. The largest absolute Gasteiger partial charge is 0.496 e. The van der Waals surface area contributed by atoms with Gasteiger partial charge in [0.05, 0.1) is 31.0 Å². The van der Waals surface area contributed by atoms with Crippen molar-refractivity contribution in [3.05, 3.63) is 59.9 Å². The molecule has 3 rings (SSSR count). The fraction of sp³-hybridized carbons (Fsp3) is 0.235. The molecule has 4 heteroatoms. The highest BCUT2D eigenvalue weighted by Gasteiger charge is 2.09. The second kappa shape index (κ2) is 5.58. The topological polar surface area (TPSA) is 53.1 Å². The summed E-state index contributed by atoms with van der Waals surface area (Å²) in [5.41, 5.74) is 10.3. The zero-order chi connectivity index (χ0) is 14.8. The number of hydrogen-bond acceptors (Lipinski definition) is 3. The molecular weight excluding hydrogens is 262 g/mol. The number of nitrogens with two attached hydrogens (primary N) is 1. The van der Waals surface area contributed by atoms with Gasteiger partial charge in [-0.2, -0.15) is 0 Å². The van der Waals surface area contributed by atoms with E-state index in [9.17, 15) is 0 Å². The Hall–Kier alpha value is -2.33. The fourth-order valence-corrected chi connectivity index (χ4v) is 2.53. The fourth-order valence-electron chi connectivity index (χ4n) is 2.53. The van der Waals surface area contributed by atoms with Gasteiger partial charge in [-0.15, -0.1) is 0 Å². The van der Waals surface area contributed by atoms with E-state index >= 15 is 0 Å². The number of ether oxygens (including phenoxy) is 1. The van der Waals surface area contributed by atoms with Gasteiger partial charge in [0.15, 0.2) is 0 Å². The third-order valence-electron chi connectivity index (χ3n) is 3.70. The zero-order valence-corrected chi connectivity index (χ0v) is 12.3. The molecule has 0 radical (unpaired) electrons. The smallest absolute Gasteiger partial charge is 0.123 e. The van der Waals surface area contributed by atoms with Gasteiger partial charge in [0, 0.05) is 11.6 Å². The first-order valence-electron chi connectivity index (χ1n) is 7.01. The van der Waals surface area contributed by atoms with Gasteiger partial charge < -0.3 is 15.0 Å².